The Hall–Kier alpha value is -1.39. The molecule has 20 heavy (non-hydrogen) atoms. The number of benzene rings is 1. The lowest BCUT2D eigenvalue weighted by atomic mass is 10.0. The normalized spacial score (nSPS) is 22.6. The van der Waals surface area contributed by atoms with Crippen molar-refractivity contribution in [2.24, 2.45) is 0 Å². The number of carbonyl (C=O) groups is 1. The molecule has 4 nitrogen and oxygen atoms in total. The lowest BCUT2D eigenvalue weighted by Crippen LogP contribution is -2.53. The van der Waals surface area contributed by atoms with Crippen LogP contribution in [0.4, 0.5) is 0 Å². The van der Waals surface area contributed by atoms with Gasteiger partial charge in [-0.2, -0.15) is 0 Å². The van der Waals surface area contributed by atoms with E-state index in [1.807, 2.05) is 12.1 Å². The number of ether oxygens (including phenoxy) is 1. The van der Waals surface area contributed by atoms with Crippen LogP contribution in [-0.2, 0) is 11.3 Å². The molecular formula is C16H23NO3. The summed E-state index contributed by atoms with van der Waals surface area (Å²) in [5, 5.41) is 8.92. The lowest BCUT2D eigenvalue weighted by molar-refractivity contribution is -0.117. The van der Waals surface area contributed by atoms with Crippen LogP contribution in [0.15, 0.2) is 24.3 Å². The maximum Gasteiger partial charge on any atom is 0.335 e. The second-order valence-corrected chi connectivity index (χ2v) is 6.04. The second-order valence-electron chi connectivity index (χ2n) is 6.04. The highest BCUT2D eigenvalue weighted by Gasteiger charge is 2.32. The standard InChI is InChI=1S/C16H23NO3/c1-4-14-10-20-16(2,3)11-17(14)9-12-5-7-13(8-6-12)15(18)19/h5-8,14H,4,9-11H2,1-3H3,(H,18,19). The third kappa shape index (κ3) is 3.58. The van der Waals surface area contributed by atoms with Crippen LogP contribution in [0, 0.1) is 0 Å². The van der Waals surface area contributed by atoms with Crippen LogP contribution < -0.4 is 0 Å². The molecule has 1 heterocycles. The van der Waals surface area contributed by atoms with Crippen LogP contribution in [0.25, 0.3) is 0 Å². The molecule has 0 radical (unpaired) electrons. The van der Waals surface area contributed by atoms with E-state index in [-0.39, 0.29) is 5.60 Å². The summed E-state index contributed by atoms with van der Waals surface area (Å²) in [6.07, 6.45) is 1.06. The number of nitrogens with zero attached hydrogens (tertiary/aromatic N) is 1. The zero-order valence-electron chi connectivity index (χ0n) is 12.4. The van der Waals surface area contributed by atoms with E-state index in [1.54, 1.807) is 12.1 Å². The average Bonchev–Trinajstić information content (AvgIpc) is 2.38. The van der Waals surface area contributed by atoms with E-state index < -0.39 is 5.97 Å². The van der Waals surface area contributed by atoms with Crippen LogP contribution in [0.5, 0.6) is 0 Å². The van der Waals surface area contributed by atoms with Crippen LogP contribution in [0.1, 0.15) is 43.1 Å². The molecule has 4 heteroatoms. The van der Waals surface area contributed by atoms with Crippen molar-refractivity contribution < 1.29 is 14.6 Å². The Morgan fingerprint density at radius 2 is 2.05 bits per heavy atom. The number of carboxylic acids is 1. The summed E-state index contributed by atoms with van der Waals surface area (Å²) >= 11 is 0. The molecule has 1 saturated heterocycles. The van der Waals surface area contributed by atoms with Crippen LogP contribution in [0.2, 0.25) is 0 Å². The van der Waals surface area contributed by atoms with Gasteiger partial charge in [-0.3, -0.25) is 4.90 Å². The van der Waals surface area contributed by atoms with Crippen molar-refractivity contribution in [2.45, 2.75) is 45.4 Å². The molecule has 1 aromatic carbocycles. The van der Waals surface area contributed by atoms with Gasteiger partial charge in [-0.25, -0.2) is 4.79 Å². The molecule has 110 valence electrons. The summed E-state index contributed by atoms with van der Waals surface area (Å²) in [5.41, 5.74) is 1.36. The molecule has 1 atom stereocenters. The van der Waals surface area contributed by atoms with E-state index in [4.69, 9.17) is 9.84 Å². The highest BCUT2D eigenvalue weighted by Crippen LogP contribution is 2.24. The Kier molecular flexibility index (Phi) is 4.45. The lowest BCUT2D eigenvalue weighted by Gasteiger charge is -2.43. The van der Waals surface area contributed by atoms with Gasteiger partial charge in [-0.1, -0.05) is 19.1 Å². The number of aromatic carboxylic acids is 1. The maximum absolute atomic E-state index is 10.9. The molecule has 1 unspecified atom stereocenters. The molecule has 1 aliphatic heterocycles. The summed E-state index contributed by atoms with van der Waals surface area (Å²) in [6, 6.07) is 7.58. The molecule has 1 fully saturated rings. The van der Waals surface area contributed by atoms with E-state index in [0.717, 1.165) is 31.7 Å². The Bertz CT molecular complexity index is 467. The number of carboxylic acid groups (broad SMARTS) is 1. The number of hydrogen-bond acceptors (Lipinski definition) is 3. The van der Waals surface area contributed by atoms with Crippen molar-refractivity contribution in [2.75, 3.05) is 13.2 Å². The van der Waals surface area contributed by atoms with Gasteiger partial charge < -0.3 is 9.84 Å². The molecular weight excluding hydrogens is 254 g/mol. The minimum Gasteiger partial charge on any atom is -0.478 e. The summed E-state index contributed by atoms with van der Waals surface area (Å²) in [7, 11) is 0. The number of rotatable bonds is 4. The molecule has 1 N–H and O–H groups in total. The molecule has 2 rings (SSSR count). The fraction of sp³-hybridized carbons (Fsp3) is 0.562. The highest BCUT2D eigenvalue weighted by molar-refractivity contribution is 5.87. The van der Waals surface area contributed by atoms with Gasteiger partial charge in [0, 0.05) is 19.1 Å². The van der Waals surface area contributed by atoms with Crippen molar-refractivity contribution in [3.05, 3.63) is 35.4 Å². The molecule has 1 aromatic rings. The van der Waals surface area contributed by atoms with Gasteiger partial charge in [-0.05, 0) is 38.0 Å². The van der Waals surface area contributed by atoms with Crippen molar-refractivity contribution in [3.63, 3.8) is 0 Å². The fourth-order valence-electron chi connectivity index (χ4n) is 2.64. The van der Waals surface area contributed by atoms with E-state index >= 15 is 0 Å². The molecule has 1 aliphatic rings. The largest absolute Gasteiger partial charge is 0.478 e. The summed E-state index contributed by atoms with van der Waals surface area (Å²) in [5.74, 6) is -0.879. The fourth-order valence-corrected chi connectivity index (χ4v) is 2.64. The number of morpholine rings is 1. The highest BCUT2D eigenvalue weighted by atomic mass is 16.5. The second kappa shape index (κ2) is 5.94. The van der Waals surface area contributed by atoms with E-state index in [9.17, 15) is 4.79 Å². The number of hydrogen-bond donors (Lipinski definition) is 1. The summed E-state index contributed by atoms with van der Waals surface area (Å²) < 4.78 is 5.87. The first-order valence-electron chi connectivity index (χ1n) is 7.11. The van der Waals surface area contributed by atoms with Crippen molar-refractivity contribution >= 4 is 5.97 Å². The Morgan fingerprint density at radius 3 is 2.60 bits per heavy atom. The smallest absolute Gasteiger partial charge is 0.335 e. The summed E-state index contributed by atoms with van der Waals surface area (Å²) in [6.45, 7) is 8.89. The SMILES string of the molecule is CCC1COC(C)(C)CN1Cc1ccc(C(=O)O)cc1. The minimum atomic E-state index is -0.879. The van der Waals surface area contributed by atoms with Gasteiger partial charge in [0.2, 0.25) is 0 Å². The predicted molar refractivity (Wildman–Crippen MR) is 77.9 cm³/mol. The van der Waals surface area contributed by atoms with Gasteiger partial charge in [0.25, 0.3) is 0 Å². The third-order valence-corrected chi connectivity index (χ3v) is 3.82. The van der Waals surface area contributed by atoms with Gasteiger partial charge >= 0.3 is 5.97 Å². The predicted octanol–water partition coefficient (Wildman–Crippen LogP) is 2.77. The molecule has 0 spiro atoms. The molecule has 0 aliphatic carbocycles. The van der Waals surface area contributed by atoms with E-state index in [0.29, 0.717) is 11.6 Å². The maximum atomic E-state index is 10.9. The Morgan fingerprint density at radius 1 is 1.40 bits per heavy atom. The van der Waals surface area contributed by atoms with Crippen molar-refractivity contribution in [1.82, 2.24) is 4.90 Å². The minimum absolute atomic E-state index is 0.118. The Labute approximate surface area is 120 Å². The zero-order valence-corrected chi connectivity index (χ0v) is 12.4. The monoisotopic (exact) mass is 277 g/mol. The third-order valence-electron chi connectivity index (χ3n) is 3.82. The topological polar surface area (TPSA) is 49.8 Å². The van der Waals surface area contributed by atoms with Crippen LogP contribution in [-0.4, -0.2) is 40.8 Å². The van der Waals surface area contributed by atoms with Gasteiger partial charge in [0.15, 0.2) is 0 Å². The first kappa shape index (κ1) is 15.0. The zero-order chi connectivity index (χ0) is 14.8. The Balaban J connectivity index is 2.08. The van der Waals surface area contributed by atoms with Crippen LogP contribution >= 0.6 is 0 Å². The van der Waals surface area contributed by atoms with E-state index in [1.165, 1.54) is 0 Å². The first-order valence-corrected chi connectivity index (χ1v) is 7.11. The quantitative estimate of drug-likeness (QED) is 0.919. The molecule has 0 bridgehead atoms. The van der Waals surface area contributed by atoms with Crippen molar-refractivity contribution in [1.29, 1.82) is 0 Å². The first-order chi connectivity index (χ1) is 9.41. The van der Waals surface area contributed by atoms with Crippen LogP contribution in [0.3, 0.4) is 0 Å². The van der Waals surface area contributed by atoms with Gasteiger partial charge in [0.1, 0.15) is 0 Å². The summed E-state index contributed by atoms with van der Waals surface area (Å²) in [4.78, 5) is 13.3. The molecule has 0 saturated carbocycles. The van der Waals surface area contributed by atoms with Gasteiger partial charge in [0.05, 0.1) is 17.8 Å². The van der Waals surface area contributed by atoms with E-state index in [2.05, 4.69) is 25.7 Å². The molecule has 0 amide bonds. The van der Waals surface area contributed by atoms with Gasteiger partial charge in [-0.15, -0.1) is 0 Å². The van der Waals surface area contributed by atoms with Crippen molar-refractivity contribution in [3.8, 4) is 0 Å². The average molecular weight is 277 g/mol. The molecule has 0 aromatic heterocycles.